The van der Waals surface area contributed by atoms with E-state index in [-0.39, 0.29) is 41.1 Å². The summed E-state index contributed by atoms with van der Waals surface area (Å²) < 4.78 is 0. The quantitative estimate of drug-likeness (QED) is 0.568. The molecule has 0 aliphatic heterocycles. The third kappa shape index (κ3) is 6.10. The topological polar surface area (TPSA) is 81.6 Å². The van der Waals surface area contributed by atoms with Gasteiger partial charge in [-0.15, -0.1) is 0 Å². The number of rotatable bonds is 7. The number of hydrogen-bond donors (Lipinski definition) is 4. The van der Waals surface area contributed by atoms with Crippen molar-refractivity contribution in [1.82, 2.24) is 5.32 Å². The number of ketones is 1. The fraction of sp³-hybridized carbons (Fsp3) is 0.533. The van der Waals surface area contributed by atoms with Gasteiger partial charge in [-0.05, 0) is 32.9 Å². The average Bonchev–Trinajstić information content (AvgIpc) is 2.42. The highest BCUT2D eigenvalue weighted by molar-refractivity contribution is 6.39. The van der Waals surface area contributed by atoms with Gasteiger partial charge in [-0.25, -0.2) is 0 Å². The van der Waals surface area contributed by atoms with Crippen molar-refractivity contribution in [3.05, 3.63) is 27.7 Å². The molecule has 0 heterocycles. The summed E-state index contributed by atoms with van der Waals surface area (Å²) in [5, 5.41) is 24.7. The Kier molecular flexibility index (Phi) is 7.09. The van der Waals surface area contributed by atoms with Crippen LogP contribution < -0.4 is 10.6 Å². The molecule has 0 aliphatic carbocycles. The van der Waals surface area contributed by atoms with Gasteiger partial charge in [-0.3, -0.25) is 4.79 Å². The van der Waals surface area contributed by atoms with Crippen LogP contribution in [0.25, 0.3) is 0 Å². The lowest BCUT2D eigenvalue weighted by Crippen LogP contribution is -2.39. The Morgan fingerprint density at radius 2 is 1.82 bits per heavy atom. The first-order valence-corrected chi connectivity index (χ1v) is 7.69. The molecule has 0 bridgehead atoms. The Morgan fingerprint density at radius 1 is 1.27 bits per heavy atom. The van der Waals surface area contributed by atoms with E-state index in [1.807, 2.05) is 20.8 Å². The van der Waals surface area contributed by atoms with Crippen molar-refractivity contribution < 1.29 is 15.0 Å². The fourth-order valence-electron chi connectivity index (χ4n) is 1.63. The van der Waals surface area contributed by atoms with E-state index < -0.39 is 6.10 Å². The predicted octanol–water partition coefficient (Wildman–Crippen LogP) is 2.33. The van der Waals surface area contributed by atoms with Crippen LogP contribution in [0.4, 0.5) is 5.69 Å². The molecule has 0 amide bonds. The van der Waals surface area contributed by atoms with Crippen molar-refractivity contribution in [2.24, 2.45) is 0 Å². The third-order valence-electron chi connectivity index (χ3n) is 2.87. The molecular weight excluding hydrogens is 327 g/mol. The summed E-state index contributed by atoms with van der Waals surface area (Å²) in [5.74, 6) is -0.110. The lowest BCUT2D eigenvalue weighted by Gasteiger charge is -2.20. The highest BCUT2D eigenvalue weighted by Gasteiger charge is 2.16. The van der Waals surface area contributed by atoms with Gasteiger partial charge in [-0.2, -0.15) is 0 Å². The van der Waals surface area contributed by atoms with E-state index in [0.29, 0.717) is 11.3 Å². The molecule has 5 nitrogen and oxygen atoms in total. The molecule has 0 aliphatic rings. The minimum absolute atomic E-state index is 0.106. The number of carbonyl (C=O) groups is 1. The molecule has 1 aromatic carbocycles. The van der Waals surface area contributed by atoms with Crippen LogP contribution in [0.5, 0.6) is 0 Å². The molecule has 0 radical (unpaired) electrons. The first kappa shape index (κ1) is 19.2. The van der Waals surface area contributed by atoms with Crippen molar-refractivity contribution in [3.8, 4) is 0 Å². The third-order valence-corrected chi connectivity index (χ3v) is 3.46. The van der Waals surface area contributed by atoms with Crippen LogP contribution in [0.1, 0.15) is 31.1 Å². The Labute approximate surface area is 140 Å². The Balaban J connectivity index is 2.82. The number of Topliss-reactive ketones (excluding diaryl/α,β-unsaturated/α-hetero) is 1. The van der Waals surface area contributed by atoms with Crippen molar-refractivity contribution in [2.45, 2.75) is 32.4 Å². The minimum atomic E-state index is -0.913. The van der Waals surface area contributed by atoms with E-state index in [9.17, 15) is 9.90 Å². The molecule has 4 N–H and O–H groups in total. The average molecular weight is 349 g/mol. The van der Waals surface area contributed by atoms with Gasteiger partial charge in [0.05, 0.1) is 35.0 Å². The zero-order chi connectivity index (χ0) is 16.9. The number of hydrogen-bond acceptors (Lipinski definition) is 5. The monoisotopic (exact) mass is 348 g/mol. The standard InChI is InChI=1S/C15H22Cl2N2O3/c1-15(2,3)19-7-13(22)9-4-11(16)14(12(17)5-9)18-6-10(21)8-20/h4-5,10,18-21H,6-8H2,1-3H3. The van der Waals surface area contributed by atoms with Gasteiger partial charge in [-0.1, -0.05) is 23.2 Å². The summed E-state index contributed by atoms with van der Waals surface area (Å²) in [5.41, 5.74) is 0.682. The number of anilines is 1. The van der Waals surface area contributed by atoms with E-state index in [1.165, 1.54) is 12.1 Å². The molecule has 0 saturated heterocycles. The number of aliphatic hydroxyl groups excluding tert-OH is 2. The van der Waals surface area contributed by atoms with Gasteiger partial charge in [0, 0.05) is 17.6 Å². The number of benzene rings is 1. The highest BCUT2D eigenvalue weighted by Crippen LogP contribution is 2.32. The van der Waals surface area contributed by atoms with Crippen molar-refractivity contribution in [3.63, 3.8) is 0 Å². The second kappa shape index (κ2) is 8.13. The molecule has 7 heteroatoms. The lowest BCUT2D eigenvalue weighted by molar-refractivity contribution is 0.0982. The SMILES string of the molecule is CC(C)(C)NCC(=O)c1cc(Cl)c(NCC(O)CO)c(Cl)c1. The van der Waals surface area contributed by atoms with E-state index >= 15 is 0 Å². The van der Waals surface area contributed by atoms with Crippen LogP contribution in [0, 0.1) is 0 Å². The maximum atomic E-state index is 12.1. The van der Waals surface area contributed by atoms with Gasteiger partial charge in [0.15, 0.2) is 5.78 Å². The van der Waals surface area contributed by atoms with E-state index in [1.54, 1.807) is 0 Å². The molecule has 124 valence electrons. The molecule has 0 saturated carbocycles. The number of aliphatic hydroxyl groups is 2. The first-order valence-electron chi connectivity index (χ1n) is 6.94. The normalized spacial score (nSPS) is 13.0. The van der Waals surface area contributed by atoms with Crippen LogP contribution in [0.3, 0.4) is 0 Å². The molecule has 1 unspecified atom stereocenters. The van der Waals surface area contributed by atoms with E-state index in [4.69, 9.17) is 28.3 Å². The summed E-state index contributed by atoms with van der Waals surface area (Å²) >= 11 is 12.3. The predicted molar refractivity (Wildman–Crippen MR) is 90.1 cm³/mol. The summed E-state index contributed by atoms with van der Waals surface area (Å²) in [6.07, 6.45) is -0.913. The molecule has 1 aromatic rings. The molecular formula is C15H22Cl2N2O3. The van der Waals surface area contributed by atoms with Crippen molar-refractivity contribution in [2.75, 3.05) is 25.0 Å². The number of halogens is 2. The molecule has 0 spiro atoms. The zero-order valence-electron chi connectivity index (χ0n) is 12.9. The van der Waals surface area contributed by atoms with Crippen LogP contribution >= 0.6 is 23.2 Å². The van der Waals surface area contributed by atoms with Gasteiger partial charge in [0.25, 0.3) is 0 Å². The summed E-state index contributed by atoms with van der Waals surface area (Å²) in [6, 6.07) is 3.07. The van der Waals surface area contributed by atoms with Crippen molar-refractivity contribution in [1.29, 1.82) is 0 Å². The second-order valence-electron chi connectivity index (χ2n) is 6.06. The van der Waals surface area contributed by atoms with Gasteiger partial charge >= 0.3 is 0 Å². The zero-order valence-corrected chi connectivity index (χ0v) is 14.4. The maximum Gasteiger partial charge on any atom is 0.176 e. The molecule has 1 rings (SSSR count). The Hall–Kier alpha value is -0.850. The highest BCUT2D eigenvalue weighted by atomic mass is 35.5. The van der Waals surface area contributed by atoms with Gasteiger partial charge in [0.2, 0.25) is 0 Å². The van der Waals surface area contributed by atoms with Gasteiger partial charge < -0.3 is 20.8 Å². The lowest BCUT2D eigenvalue weighted by atomic mass is 10.1. The fourth-order valence-corrected chi connectivity index (χ4v) is 2.26. The number of carbonyl (C=O) groups excluding carboxylic acids is 1. The van der Waals surface area contributed by atoms with Gasteiger partial charge in [0.1, 0.15) is 0 Å². The van der Waals surface area contributed by atoms with Crippen LogP contribution in [-0.4, -0.2) is 47.3 Å². The molecule has 22 heavy (non-hydrogen) atoms. The first-order chi connectivity index (χ1) is 10.1. The van der Waals surface area contributed by atoms with Crippen LogP contribution in [-0.2, 0) is 0 Å². The minimum Gasteiger partial charge on any atom is -0.394 e. The smallest absolute Gasteiger partial charge is 0.176 e. The second-order valence-corrected chi connectivity index (χ2v) is 6.87. The molecule has 0 aromatic heterocycles. The molecule has 1 atom stereocenters. The van der Waals surface area contributed by atoms with E-state index in [2.05, 4.69) is 10.6 Å². The molecule has 0 fully saturated rings. The van der Waals surface area contributed by atoms with E-state index in [0.717, 1.165) is 0 Å². The number of nitrogens with one attached hydrogen (secondary N) is 2. The largest absolute Gasteiger partial charge is 0.394 e. The summed E-state index contributed by atoms with van der Waals surface area (Å²) in [7, 11) is 0. The van der Waals surface area contributed by atoms with Crippen LogP contribution in [0.15, 0.2) is 12.1 Å². The van der Waals surface area contributed by atoms with Crippen molar-refractivity contribution >= 4 is 34.7 Å². The Bertz CT molecular complexity index is 507. The Morgan fingerprint density at radius 3 is 2.27 bits per heavy atom. The summed E-state index contributed by atoms with van der Waals surface area (Å²) in [6.45, 7) is 5.84. The van der Waals surface area contributed by atoms with Crippen LogP contribution in [0.2, 0.25) is 10.0 Å². The maximum absolute atomic E-state index is 12.1. The summed E-state index contributed by atoms with van der Waals surface area (Å²) in [4.78, 5) is 12.1.